The van der Waals surface area contributed by atoms with Crippen LogP contribution in [0.25, 0.3) is 5.65 Å². The summed E-state index contributed by atoms with van der Waals surface area (Å²) in [7, 11) is 1.93. The molecule has 3 fully saturated rings. The van der Waals surface area contributed by atoms with E-state index in [1.165, 1.54) is 6.42 Å². The van der Waals surface area contributed by atoms with Gasteiger partial charge in [-0.05, 0) is 56.8 Å². The van der Waals surface area contributed by atoms with Crippen molar-refractivity contribution in [3.05, 3.63) is 18.0 Å². The van der Waals surface area contributed by atoms with Crippen LogP contribution in [0.2, 0.25) is 0 Å². The molecule has 0 bridgehead atoms. The SMILES string of the molecule is CN1CC(CN2CCC(c3nnc4ccc(N5CCC5)nn34)CC2)CCC1=O. The van der Waals surface area contributed by atoms with Crippen molar-refractivity contribution in [2.24, 2.45) is 5.92 Å². The van der Waals surface area contributed by atoms with Crippen molar-refractivity contribution in [1.82, 2.24) is 29.6 Å². The molecule has 8 heteroatoms. The van der Waals surface area contributed by atoms with Crippen LogP contribution in [0, 0.1) is 5.92 Å². The average Bonchev–Trinajstić information content (AvgIpc) is 3.07. The molecular formula is C20H29N7O. The highest BCUT2D eigenvalue weighted by molar-refractivity contribution is 5.76. The van der Waals surface area contributed by atoms with Gasteiger partial charge < -0.3 is 14.7 Å². The summed E-state index contributed by atoms with van der Waals surface area (Å²) in [5, 5.41) is 13.7. The first-order valence-corrected chi connectivity index (χ1v) is 10.6. The molecule has 0 aliphatic carbocycles. The van der Waals surface area contributed by atoms with Crippen LogP contribution in [0.15, 0.2) is 12.1 Å². The summed E-state index contributed by atoms with van der Waals surface area (Å²) in [6.07, 6.45) is 5.17. The first-order chi connectivity index (χ1) is 13.7. The monoisotopic (exact) mass is 383 g/mol. The fraction of sp³-hybridized carbons (Fsp3) is 0.700. The predicted molar refractivity (Wildman–Crippen MR) is 106 cm³/mol. The standard InChI is InChI=1S/C20H29N7O/c1-24-13-15(3-6-19(24)28)14-25-11-7-16(8-12-25)20-22-21-17-4-5-18(23-27(17)20)26-9-2-10-26/h4-5,15-16H,2-3,6-14H2,1H3. The minimum atomic E-state index is 0.290. The third-order valence-corrected chi connectivity index (χ3v) is 6.65. The second-order valence-electron chi connectivity index (χ2n) is 8.61. The van der Waals surface area contributed by atoms with E-state index in [2.05, 4.69) is 26.1 Å². The first kappa shape index (κ1) is 17.8. The number of amides is 1. The number of fused-ring (bicyclic) bond motifs is 1. The number of rotatable bonds is 4. The number of hydrogen-bond acceptors (Lipinski definition) is 6. The van der Waals surface area contributed by atoms with Crippen molar-refractivity contribution >= 4 is 17.4 Å². The van der Waals surface area contributed by atoms with Crippen molar-refractivity contribution in [1.29, 1.82) is 0 Å². The molecule has 0 saturated carbocycles. The van der Waals surface area contributed by atoms with Gasteiger partial charge in [-0.25, -0.2) is 0 Å². The molecule has 1 amide bonds. The van der Waals surface area contributed by atoms with Crippen molar-refractivity contribution in [3.8, 4) is 0 Å². The molecule has 5 heterocycles. The van der Waals surface area contributed by atoms with Crippen LogP contribution in [-0.2, 0) is 4.79 Å². The predicted octanol–water partition coefficient (Wildman–Crippen LogP) is 1.38. The van der Waals surface area contributed by atoms with Gasteiger partial charge >= 0.3 is 0 Å². The van der Waals surface area contributed by atoms with Crippen LogP contribution in [0.4, 0.5) is 5.82 Å². The molecule has 0 aromatic carbocycles. The molecule has 0 radical (unpaired) electrons. The number of nitrogens with zero attached hydrogens (tertiary/aromatic N) is 7. The van der Waals surface area contributed by atoms with Crippen LogP contribution in [0.5, 0.6) is 0 Å². The number of piperidine rings is 2. The highest BCUT2D eigenvalue weighted by atomic mass is 16.2. The van der Waals surface area contributed by atoms with Crippen LogP contribution in [0.1, 0.15) is 43.8 Å². The highest BCUT2D eigenvalue weighted by Crippen LogP contribution is 2.29. The summed E-state index contributed by atoms with van der Waals surface area (Å²) < 4.78 is 1.97. The third kappa shape index (κ3) is 3.34. The van der Waals surface area contributed by atoms with Gasteiger partial charge in [-0.15, -0.1) is 15.3 Å². The lowest BCUT2D eigenvalue weighted by atomic mass is 9.93. The van der Waals surface area contributed by atoms with E-state index in [0.717, 1.165) is 75.8 Å². The van der Waals surface area contributed by atoms with E-state index in [9.17, 15) is 4.79 Å². The smallest absolute Gasteiger partial charge is 0.222 e. The number of aromatic nitrogens is 4. The van der Waals surface area contributed by atoms with Crippen LogP contribution in [-0.4, -0.2) is 81.8 Å². The lowest BCUT2D eigenvalue weighted by Gasteiger charge is -2.36. The second-order valence-corrected chi connectivity index (χ2v) is 8.61. The molecule has 5 rings (SSSR count). The second kappa shape index (κ2) is 7.31. The fourth-order valence-electron chi connectivity index (χ4n) is 4.75. The van der Waals surface area contributed by atoms with E-state index in [1.54, 1.807) is 0 Å². The van der Waals surface area contributed by atoms with Gasteiger partial charge in [0.05, 0.1) is 0 Å². The molecule has 2 aromatic heterocycles. The van der Waals surface area contributed by atoms with Crippen molar-refractivity contribution in [3.63, 3.8) is 0 Å². The summed E-state index contributed by atoms with van der Waals surface area (Å²) in [5.74, 6) is 3.36. The van der Waals surface area contributed by atoms with Crippen molar-refractivity contribution < 1.29 is 4.79 Å². The Labute approximate surface area is 165 Å². The molecule has 3 aliphatic heterocycles. The number of carbonyl (C=O) groups is 1. The van der Waals surface area contributed by atoms with E-state index in [1.807, 2.05) is 22.5 Å². The maximum absolute atomic E-state index is 11.7. The zero-order valence-electron chi connectivity index (χ0n) is 16.6. The summed E-state index contributed by atoms with van der Waals surface area (Å²) in [6.45, 7) is 6.35. The van der Waals surface area contributed by atoms with Crippen molar-refractivity contribution in [2.45, 2.75) is 38.0 Å². The normalized spacial score (nSPS) is 24.8. The number of anilines is 1. The van der Waals surface area contributed by atoms with Crippen LogP contribution < -0.4 is 4.90 Å². The van der Waals surface area contributed by atoms with Gasteiger partial charge in [0.1, 0.15) is 5.82 Å². The number of hydrogen-bond donors (Lipinski definition) is 0. The van der Waals surface area contributed by atoms with Gasteiger partial charge in [-0.2, -0.15) is 4.52 Å². The Morgan fingerprint density at radius 2 is 1.89 bits per heavy atom. The topological polar surface area (TPSA) is 69.9 Å². The Kier molecular flexibility index (Phi) is 4.66. The van der Waals surface area contributed by atoms with Crippen molar-refractivity contribution in [2.75, 3.05) is 51.2 Å². The molecule has 0 spiro atoms. The molecule has 1 atom stereocenters. The summed E-state index contributed by atoms with van der Waals surface area (Å²) in [6, 6.07) is 4.09. The van der Waals surface area contributed by atoms with Gasteiger partial charge in [0.15, 0.2) is 11.5 Å². The Morgan fingerprint density at radius 3 is 2.61 bits per heavy atom. The maximum atomic E-state index is 11.7. The van der Waals surface area contributed by atoms with Gasteiger partial charge in [-0.1, -0.05) is 0 Å². The fourth-order valence-corrected chi connectivity index (χ4v) is 4.75. The Bertz CT molecular complexity index is 853. The minimum Gasteiger partial charge on any atom is -0.355 e. The molecular weight excluding hydrogens is 354 g/mol. The molecule has 8 nitrogen and oxygen atoms in total. The molecule has 28 heavy (non-hydrogen) atoms. The molecule has 3 saturated heterocycles. The van der Waals surface area contributed by atoms with Crippen LogP contribution >= 0.6 is 0 Å². The van der Waals surface area contributed by atoms with Gasteiger partial charge in [0, 0.05) is 45.6 Å². The Hall–Kier alpha value is -2.22. The van der Waals surface area contributed by atoms with E-state index >= 15 is 0 Å². The van der Waals surface area contributed by atoms with Crippen LogP contribution in [0.3, 0.4) is 0 Å². The van der Waals surface area contributed by atoms with E-state index in [-0.39, 0.29) is 0 Å². The highest BCUT2D eigenvalue weighted by Gasteiger charge is 2.29. The largest absolute Gasteiger partial charge is 0.355 e. The van der Waals surface area contributed by atoms with Gasteiger partial charge in [-0.3, -0.25) is 4.79 Å². The summed E-state index contributed by atoms with van der Waals surface area (Å²) in [5.41, 5.74) is 0.844. The van der Waals surface area contributed by atoms with E-state index in [0.29, 0.717) is 24.2 Å². The Morgan fingerprint density at radius 1 is 1.07 bits per heavy atom. The van der Waals surface area contributed by atoms with Gasteiger partial charge in [0.25, 0.3) is 0 Å². The lowest BCUT2D eigenvalue weighted by molar-refractivity contribution is -0.133. The third-order valence-electron chi connectivity index (χ3n) is 6.65. The van der Waals surface area contributed by atoms with E-state index < -0.39 is 0 Å². The Balaban J connectivity index is 1.22. The molecule has 3 aliphatic rings. The molecule has 1 unspecified atom stereocenters. The first-order valence-electron chi connectivity index (χ1n) is 10.6. The zero-order chi connectivity index (χ0) is 19.1. The lowest BCUT2D eigenvalue weighted by Crippen LogP contribution is -2.44. The number of likely N-dealkylation sites (tertiary alicyclic amines) is 2. The summed E-state index contributed by atoms with van der Waals surface area (Å²) in [4.78, 5) is 18.4. The molecule has 2 aromatic rings. The number of carbonyl (C=O) groups excluding carboxylic acids is 1. The molecule has 0 N–H and O–H groups in total. The minimum absolute atomic E-state index is 0.290. The maximum Gasteiger partial charge on any atom is 0.222 e. The average molecular weight is 384 g/mol. The zero-order valence-corrected chi connectivity index (χ0v) is 16.6. The van der Waals surface area contributed by atoms with Gasteiger partial charge in [0.2, 0.25) is 5.91 Å². The van der Waals surface area contributed by atoms with E-state index in [4.69, 9.17) is 5.10 Å². The quantitative estimate of drug-likeness (QED) is 0.795. The summed E-state index contributed by atoms with van der Waals surface area (Å²) >= 11 is 0. The molecule has 150 valence electrons.